The highest BCUT2D eigenvalue weighted by atomic mass is 35.5. The molecule has 16 heteroatoms. The Morgan fingerprint density at radius 2 is 1.09 bits per heavy atom. The molecule has 0 unspecified atom stereocenters. The molecule has 0 saturated carbocycles. The van der Waals surface area contributed by atoms with Crippen molar-refractivity contribution in [1.29, 1.82) is 0 Å². The van der Waals surface area contributed by atoms with Gasteiger partial charge in [-0.15, -0.1) is 0 Å². The third-order valence-corrected chi connectivity index (χ3v) is 12.4. The fourth-order valence-electron chi connectivity index (χ4n) is 6.49. The van der Waals surface area contributed by atoms with Gasteiger partial charge in [0.25, 0.3) is 0 Å². The molecule has 0 N–H and O–H groups in total. The lowest BCUT2D eigenvalue weighted by molar-refractivity contribution is 0.249. The Hall–Kier alpha value is -5.54. The van der Waals surface area contributed by atoms with E-state index in [0.717, 1.165) is 11.3 Å². The van der Waals surface area contributed by atoms with Gasteiger partial charge >= 0.3 is 12.1 Å². The summed E-state index contributed by atoms with van der Waals surface area (Å²) in [6, 6.07) is 33.0. The Morgan fingerprint density at radius 3 is 1.60 bits per heavy atom. The summed E-state index contributed by atoms with van der Waals surface area (Å²) in [4.78, 5) is 50.1. The number of nitrogens with zero attached hydrogens (tertiary/aromatic N) is 8. The highest BCUT2D eigenvalue weighted by Crippen LogP contribution is 2.36. The molecule has 0 bridgehead atoms. The number of rotatable bonds is 10. The largest absolute Gasteiger partial charge is 0.330 e. The molecule has 0 spiro atoms. The van der Waals surface area contributed by atoms with Crippen LogP contribution in [0.3, 0.4) is 0 Å². The Labute approximate surface area is 351 Å². The molecular formula is C42H38Cl2N8O4S2. The van der Waals surface area contributed by atoms with Crippen LogP contribution in [0.25, 0.3) is 0 Å². The van der Waals surface area contributed by atoms with Gasteiger partial charge < -0.3 is 0 Å². The molecule has 4 heterocycles. The molecule has 296 valence electrons. The standard InChI is InChI=1S/C21H19ClN4O3S.C21H19ClN4OS/c1-2-25-19-16(13-26(21(25)27)18-11-7-6-10-17(18)22)12-23-20(24-19)30(28,29)14-15-8-4-3-5-9-15;1-2-25-19-16(13-26(21(25)27)18-11-7-6-10-17(18)22)12-23-20(24-19)28-14-15-8-4-3-5-9-15/h3-12H,2,13-14H2,1H3;3-12H,2,13-14H2,1H3. The summed E-state index contributed by atoms with van der Waals surface area (Å²) in [5.74, 6) is 1.57. The van der Waals surface area contributed by atoms with Crippen LogP contribution >= 0.6 is 35.0 Å². The minimum atomic E-state index is -3.76. The van der Waals surface area contributed by atoms with Crippen LogP contribution in [-0.4, -0.2) is 53.5 Å². The number of sulfone groups is 1. The van der Waals surface area contributed by atoms with Crippen LogP contribution in [0.4, 0.5) is 32.6 Å². The molecular weight excluding hydrogens is 816 g/mol. The lowest BCUT2D eigenvalue weighted by Crippen LogP contribution is -2.48. The van der Waals surface area contributed by atoms with E-state index in [0.29, 0.717) is 69.0 Å². The summed E-state index contributed by atoms with van der Waals surface area (Å²) < 4.78 is 25.7. The minimum Gasteiger partial charge on any atom is -0.288 e. The highest BCUT2D eigenvalue weighted by molar-refractivity contribution is 7.98. The van der Waals surface area contributed by atoms with Gasteiger partial charge in [0.2, 0.25) is 15.0 Å². The smallest absolute Gasteiger partial charge is 0.288 e. The second-order valence-corrected chi connectivity index (χ2v) is 16.8. The summed E-state index contributed by atoms with van der Waals surface area (Å²) >= 11 is 14.2. The van der Waals surface area contributed by atoms with Crippen molar-refractivity contribution >= 4 is 79.9 Å². The number of carbonyl (C=O) groups is 2. The summed E-state index contributed by atoms with van der Waals surface area (Å²) in [5.41, 5.74) is 4.68. The number of hydrogen-bond donors (Lipinski definition) is 0. The molecule has 2 aliphatic rings. The number of halogens is 2. The lowest BCUT2D eigenvalue weighted by Gasteiger charge is -2.35. The lowest BCUT2D eigenvalue weighted by atomic mass is 10.2. The molecule has 4 aromatic carbocycles. The summed E-state index contributed by atoms with van der Waals surface area (Å²) in [6.45, 7) is 5.19. The van der Waals surface area contributed by atoms with E-state index >= 15 is 0 Å². The van der Waals surface area contributed by atoms with Crippen LogP contribution in [0.15, 0.2) is 132 Å². The van der Waals surface area contributed by atoms with Crippen LogP contribution in [0, 0.1) is 0 Å². The number of amides is 4. The second kappa shape index (κ2) is 17.9. The zero-order chi connectivity index (χ0) is 40.8. The molecule has 0 aliphatic carbocycles. The van der Waals surface area contributed by atoms with Crippen molar-refractivity contribution < 1.29 is 18.0 Å². The Kier molecular flexibility index (Phi) is 12.6. The van der Waals surface area contributed by atoms with Crippen molar-refractivity contribution in [1.82, 2.24) is 19.9 Å². The van der Waals surface area contributed by atoms with Crippen LogP contribution in [0.2, 0.25) is 10.0 Å². The van der Waals surface area contributed by atoms with E-state index in [1.807, 2.05) is 55.6 Å². The van der Waals surface area contributed by atoms with Crippen molar-refractivity contribution in [2.45, 2.75) is 48.8 Å². The third-order valence-electron chi connectivity index (χ3n) is 9.34. The monoisotopic (exact) mass is 852 g/mol. The van der Waals surface area contributed by atoms with Gasteiger partial charge in [0, 0.05) is 42.4 Å². The van der Waals surface area contributed by atoms with Crippen molar-refractivity contribution in [2.24, 2.45) is 0 Å². The van der Waals surface area contributed by atoms with Gasteiger partial charge in [-0.1, -0.05) is 120 Å². The fourth-order valence-corrected chi connectivity index (χ4v) is 8.93. The first-order chi connectivity index (χ1) is 28.1. The van der Waals surface area contributed by atoms with Crippen LogP contribution in [-0.2, 0) is 34.4 Å². The van der Waals surface area contributed by atoms with Gasteiger partial charge in [-0.05, 0) is 49.2 Å². The van der Waals surface area contributed by atoms with Gasteiger partial charge in [0.15, 0.2) is 5.16 Å². The molecule has 2 aliphatic heterocycles. The number of para-hydroxylation sites is 2. The van der Waals surface area contributed by atoms with E-state index in [2.05, 4.69) is 32.1 Å². The summed E-state index contributed by atoms with van der Waals surface area (Å²) in [7, 11) is -3.76. The van der Waals surface area contributed by atoms with Gasteiger partial charge in [0.05, 0.1) is 40.3 Å². The molecule has 0 fully saturated rings. The van der Waals surface area contributed by atoms with E-state index in [4.69, 9.17) is 23.2 Å². The maximum absolute atomic E-state index is 13.1. The van der Waals surface area contributed by atoms with E-state index < -0.39 is 9.84 Å². The van der Waals surface area contributed by atoms with Gasteiger partial charge in [-0.2, -0.15) is 0 Å². The van der Waals surface area contributed by atoms with Crippen molar-refractivity contribution in [3.05, 3.63) is 154 Å². The van der Waals surface area contributed by atoms with E-state index in [9.17, 15) is 18.0 Å². The maximum Gasteiger partial charge on any atom is 0.330 e. The van der Waals surface area contributed by atoms with E-state index in [1.165, 1.54) is 21.6 Å². The number of anilines is 4. The zero-order valence-corrected chi connectivity index (χ0v) is 34.7. The van der Waals surface area contributed by atoms with Gasteiger partial charge in [-0.3, -0.25) is 19.6 Å². The number of aromatic nitrogens is 4. The normalized spacial score (nSPS) is 13.8. The summed E-state index contributed by atoms with van der Waals surface area (Å²) in [5, 5.41) is 1.38. The fraction of sp³-hybridized carbons (Fsp3) is 0.190. The first-order valence-electron chi connectivity index (χ1n) is 18.4. The first kappa shape index (κ1) is 40.6. The Balaban J connectivity index is 0.000000177. The van der Waals surface area contributed by atoms with Crippen molar-refractivity contribution in [2.75, 3.05) is 32.7 Å². The van der Waals surface area contributed by atoms with Crippen LogP contribution < -0.4 is 19.6 Å². The number of fused-ring (bicyclic) bond motifs is 2. The SMILES string of the molecule is CCN1C(=O)N(c2ccccc2Cl)Cc2cnc(S(=O)(=O)Cc3ccccc3)nc21.CCN1C(=O)N(c2ccccc2Cl)Cc2cnc(SCc3ccccc3)nc21. The Bertz CT molecular complexity index is 2550. The number of thioether (sulfide) groups is 1. The quantitative estimate of drug-likeness (QED) is 0.0977. The molecule has 0 radical (unpaired) electrons. The number of urea groups is 2. The number of hydrogen-bond acceptors (Lipinski definition) is 9. The van der Waals surface area contributed by atoms with Crippen LogP contribution in [0.5, 0.6) is 0 Å². The molecule has 58 heavy (non-hydrogen) atoms. The summed E-state index contributed by atoms with van der Waals surface area (Å²) in [6.07, 6.45) is 3.29. The van der Waals surface area contributed by atoms with Crippen molar-refractivity contribution in [3.8, 4) is 0 Å². The average Bonchev–Trinajstić information content (AvgIpc) is 3.24. The molecule has 4 amide bonds. The first-order valence-corrected chi connectivity index (χ1v) is 21.8. The molecule has 6 aromatic rings. The predicted molar refractivity (Wildman–Crippen MR) is 230 cm³/mol. The van der Waals surface area contributed by atoms with E-state index in [1.54, 1.807) is 83.1 Å². The molecule has 0 atom stereocenters. The maximum atomic E-state index is 13.1. The average molecular weight is 854 g/mol. The molecule has 12 nitrogen and oxygen atoms in total. The zero-order valence-electron chi connectivity index (χ0n) is 31.6. The number of carbonyl (C=O) groups excluding carboxylic acids is 2. The Morgan fingerprint density at radius 1 is 0.621 bits per heavy atom. The van der Waals surface area contributed by atoms with Gasteiger partial charge in [-0.25, -0.2) is 37.9 Å². The third kappa shape index (κ3) is 8.80. The highest BCUT2D eigenvalue weighted by Gasteiger charge is 2.35. The number of benzene rings is 4. The molecule has 8 rings (SSSR count). The topological polar surface area (TPSA) is 133 Å². The van der Waals surface area contributed by atoms with Crippen LogP contribution in [0.1, 0.15) is 36.1 Å². The molecule has 0 saturated heterocycles. The van der Waals surface area contributed by atoms with E-state index in [-0.39, 0.29) is 29.5 Å². The molecule has 2 aromatic heterocycles. The van der Waals surface area contributed by atoms with Gasteiger partial charge in [0.1, 0.15) is 11.6 Å². The van der Waals surface area contributed by atoms with Crippen molar-refractivity contribution in [3.63, 3.8) is 0 Å². The second-order valence-electron chi connectivity index (χ2n) is 13.2. The minimum absolute atomic E-state index is 0.124. The predicted octanol–water partition coefficient (Wildman–Crippen LogP) is 9.46.